The van der Waals surface area contributed by atoms with Gasteiger partial charge in [0.1, 0.15) is 11.0 Å². The van der Waals surface area contributed by atoms with Crippen molar-refractivity contribution in [3.63, 3.8) is 0 Å². The molecule has 0 bridgehead atoms. The maximum atomic E-state index is 12.0. The number of aromatic nitrogens is 2. The number of rotatable bonds is 7. The highest BCUT2D eigenvalue weighted by Crippen LogP contribution is 2.42. The maximum absolute atomic E-state index is 12.0. The van der Waals surface area contributed by atoms with Crippen LogP contribution in [0.3, 0.4) is 0 Å². The Labute approximate surface area is 155 Å². The Bertz CT molecular complexity index is 602. The Morgan fingerprint density at radius 1 is 1.32 bits per heavy atom. The van der Waals surface area contributed by atoms with Crippen molar-refractivity contribution >= 4 is 24.7 Å². The van der Waals surface area contributed by atoms with E-state index in [9.17, 15) is 4.79 Å². The molecule has 1 unspecified atom stereocenters. The van der Waals surface area contributed by atoms with Gasteiger partial charge in [-0.05, 0) is 34.1 Å². The highest BCUT2D eigenvalue weighted by molar-refractivity contribution is 6.48. The van der Waals surface area contributed by atoms with Crippen LogP contribution in [0.15, 0.2) is 0 Å². The minimum atomic E-state index is -0.610. The summed E-state index contributed by atoms with van der Waals surface area (Å²) in [4.78, 5) is 19.6. The van der Waals surface area contributed by atoms with Gasteiger partial charge in [-0.15, -0.1) is 0 Å². The molecular formula is C17H28BClN2O4. The van der Waals surface area contributed by atoms with E-state index in [1.54, 1.807) is 0 Å². The number of aromatic amines is 1. The Hall–Kier alpha value is -1.05. The van der Waals surface area contributed by atoms with Crippen molar-refractivity contribution < 1.29 is 18.8 Å². The lowest BCUT2D eigenvalue weighted by atomic mass is 9.68. The van der Waals surface area contributed by atoms with Crippen molar-refractivity contribution in [2.75, 3.05) is 7.11 Å². The third-order valence-electron chi connectivity index (χ3n) is 5.09. The first-order chi connectivity index (χ1) is 11.6. The smallest absolute Gasteiger partial charge is 0.468 e. The molecule has 0 radical (unpaired) electrons. The van der Waals surface area contributed by atoms with Crippen LogP contribution in [-0.4, -0.2) is 41.4 Å². The van der Waals surface area contributed by atoms with Gasteiger partial charge in [0, 0.05) is 12.2 Å². The summed E-state index contributed by atoms with van der Waals surface area (Å²) in [6.45, 7) is 10.0. The number of esters is 1. The predicted octanol–water partition coefficient (Wildman–Crippen LogP) is 3.68. The number of nitrogens with one attached hydrogen (secondary N) is 1. The molecule has 0 saturated carbocycles. The van der Waals surface area contributed by atoms with Crippen LogP contribution in [0.25, 0.3) is 0 Å². The molecule has 0 aromatic carbocycles. The van der Waals surface area contributed by atoms with Gasteiger partial charge in [0.2, 0.25) is 0 Å². The van der Waals surface area contributed by atoms with E-state index in [4.69, 9.17) is 25.6 Å². The minimum Gasteiger partial charge on any atom is -0.469 e. The summed E-state index contributed by atoms with van der Waals surface area (Å²) in [5.41, 5.74) is -0.329. The molecule has 1 aliphatic heterocycles. The molecular weight excluding hydrogens is 342 g/mol. The first-order valence-electron chi connectivity index (χ1n) is 8.78. The lowest BCUT2D eigenvalue weighted by Gasteiger charge is -2.32. The molecule has 1 aromatic heterocycles. The number of carbonyl (C=O) groups excluding carboxylic acids is 1. The van der Waals surface area contributed by atoms with Crippen LogP contribution in [0.1, 0.15) is 71.2 Å². The fourth-order valence-corrected chi connectivity index (χ4v) is 3.06. The van der Waals surface area contributed by atoms with Gasteiger partial charge < -0.3 is 19.0 Å². The van der Waals surface area contributed by atoms with Gasteiger partial charge in [0.25, 0.3) is 0 Å². The zero-order valence-electron chi connectivity index (χ0n) is 15.9. The molecule has 2 heterocycles. The molecule has 0 spiro atoms. The summed E-state index contributed by atoms with van der Waals surface area (Å²) in [5, 5.41) is 0.356. The number of halogens is 1. The quantitative estimate of drug-likeness (QED) is 0.585. The Kier molecular flexibility index (Phi) is 6.23. The largest absolute Gasteiger partial charge is 0.469 e. The summed E-state index contributed by atoms with van der Waals surface area (Å²) >= 11 is 6.36. The van der Waals surface area contributed by atoms with Crippen LogP contribution in [0, 0.1) is 0 Å². The second-order valence-electron chi connectivity index (χ2n) is 7.50. The van der Waals surface area contributed by atoms with Gasteiger partial charge >= 0.3 is 13.1 Å². The van der Waals surface area contributed by atoms with Crippen LogP contribution < -0.4 is 0 Å². The highest BCUT2D eigenvalue weighted by atomic mass is 35.5. The number of aryl methyl sites for hydroxylation is 1. The van der Waals surface area contributed by atoms with E-state index in [0.717, 1.165) is 25.1 Å². The standard InChI is InChI=1S/C17H28BClN2O4/c1-7-8-9-12-20-14(15(19)21-12)11(10-13(22)23-6)18-24-16(2,3)17(4,5)25-18/h11H,7-10H2,1-6H3,(H,20,21). The SMILES string of the molecule is CCCCc1nc(Cl)c(C(CC(=O)OC)B2OC(C)(C)C(C)(C)O2)[nH]1. The zero-order chi connectivity index (χ0) is 18.8. The molecule has 0 amide bonds. The number of ether oxygens (including phenoxy) is 1. The average molecular weight is 371 g/mol. The zero-order valence-corrected chi connectivity index (χ0v) is 16.7. The van der Waals surface area contributed by atoms with Crippen LogP contribution in [0.2, 0.25) is 5.15 Å². The monoisotopic (exact) mass is 370 g/mol. The molecule has 1 aromatic rings. The molecule has 6 nitrogen and oxygen atoms in total. The van der Waals surface area contributed by atoms with Gasteiger partial charge in [0.05, 0.1) is 30.4 Å². The third kappa shape index (κ3) is 4.38. The summed E-state index contributed by atoms with van der Waals surface area (Å²) in [7, 11) is 0.756. The van der Waals surface area contributed by atoms with Gasteiger partial charge in [0.15, 0.2) is 0 Å². The second kappa shape index (κ2) is 7.68. The van der Waals surface area contributed by atoms with E-state index in [2.05, 4.69) is 16.9 Å². The number of hydrogen-bond acceptors (Lipinski definition) is 5. The lowest BCUT2D eigenvalue weighted by Crippen LogP contribution is -2.41. The first kappa shape index (κ1) is 20.3. The Morgan fingerprint density at radius 2 is 1.92 bits per heavy atom. The average Bonchev–Trinajstić information content (AvgIpc) is 2.99. The summed E-state index contributed by atoms with van der Waals surface area (Å²) < 4.78 is 17.1. The summed E-state index contributed by atoms with van der Waals surface area (Å²) in [5.74, 6) is 0.0533. The minimum absolute atomic E-state index is 0.0997. The van der Waals surface area contributed by atoms with Gasteiger partial charge in [-0.2, -0.15) is 0 Å². The fraction of sp³-hybridized carbons (Fsp3) is 0.765. The normalized spacial score (nSPS) is 19.9. The number of H-pyrrole nitrogens is 1. The van der Waals surface area contributed by atoms with Crippen molar-refractivity contribution in [2.45, 2.75) is 77.3 Å². The van der Waals surface area contributed by atoms with Crippen LogP contribution in [0.5, 0.6) is 0 Å². The van der Waals surface area contributed by atoms with Crippen molar-refractivity contribution in [3.8, 4) is 0 Å². The Balaban J connectivity index is 2.31. The van der Waals surface area contributed by atoms with Crippen molar-refractivity contribution in [3.05, 3.63) is 16.7 Å². The summed E-state index contributed by atoms with van der Waals surface area (Å²) in [6.07, 6.45) is 2.99. The lowest BCUT2D eigenvalue weighted by molar-refractivity contribution is -0.140. The van der Waals surface area contributed by atoms with E-state index in [1.807, 2.05) is 27.7 Å². The molecule has 1 saturated heterocycles. The number of imidazole rings is 1. The molecule has 1 N–H and O–H groups in total. The van der Waals surface area contributed by atoms with Crippen LogP contribution in [-0.2, 0) is 25.3 Å². The van der Waals surface area contributed by atoms with Gasteiger partial charge in [-0.3, -0.25) is 4.79 Å². The number of carbonyl (C=O) groups is 1. The van der Waals surface area contributed by atoms with Crippen molar-refractivity contribution in [2.24, 2.45) is 0 Å². The number of methoxy groups -OCH3 is 1. The first-order valence-corrected chi connectivity index (χ1v) is 9.15. The van der Waals surface area contributed by atoms with Crippen molar-refractivity contribution in [1.29, 1.82) is 0 Å². The van der Waals surface area contributed by atoms with E-state index < -0.39 is 24.1 Å². The highest BCUT2D eigenvalue weighted by Gasteiger charge is 2.55. The van der Waals surface area contributed by atoms with Gasteiger partial charge in [-0.1, -0.05) is 24.9 Å². The van der Waals surface area contributed by atoms with Crippen molar-refractivity contribution in [1.82, 2.24) is 9.97 Å². The summed E-state index contributed by atoms with van der Waals surface area (Å²) in [6, 6.07) is 0. The molecule has 8 heteroatoms. The number of unbranched alkanes of at least 4 members (excludes halogenated alkanes) is 1. The predicted molar refractivity (Wildman–Crippen MR) is 97.7 cm³/mol. The second-order valence-corrected chi connectivity index (χ2v) is 7.86. The number of nitrogens with zero attached hydrogens (tertiary/aromatic N) is 1. The molecule has 1 atom stereocenters. The molecule has 2 rings (SSSR count). The Morgan fingerprint density at radius 3 is 2.44 bits per heavy atom. The van der Waals surface area contributed by atoms with E-state index in [0.29, 0.717) is 10.8 Å². The maximum Gasteiger partial charge on any atom is 0.468 e. The molecule has 25 heavy (non-hydrogen) atoms. The third-order valence-corrected chi connectivity index (χ3v) is 5.37. The number of hydrogen-bond donors (Lipinski definition) is 1. The van der Waals surface area contributed by atoms with Crippen LogP contribution in [0.4, 0.5) is 0 Å². The van der Waals surface area contributed by atoms with E-state index in [1.165, 1.54) is 7.11 Å². The fourth-order valence-electron chi connectivity index (χ4n) is 2.77. The molecule has 140 valence electrons. The van der Waals surface area contributed by atoms with E-state index in [-0.39, 0.29) is 12.4 Å². The molecule has 1 fully saturated rings. The van der Waals surface area contributed by atoms with E-state index >= 15 is 0 Å². The topological polar surface area (TPSA) is 73.4 Å². The molecule has 0 aliphatic carbocycles. The van der Waals surface area contributed by atoms with Crippen LogP contribution >= 0.6 is 11.6 Å². The van der Waals surface area contributed by atoms with Gasteiger partial charge in [-0.25, -0.2) is 4.98 Å². The molecule has 1 aliphatic rings.